The Morgan fingerprint density at radius 3 is 2.79 bits per heavy atom. The summed E-state index contributed by atoms with van der Waals surface area (Å²) >= 11 is 0. The Morgan fingerprint density at radius 1 is 1.31 bits per heavy atom. The molecule has 1 heterocycles. The van der Waals surface area contributed by atoms with E-state index in [1.54, 1.807) is 31.2 Å². The highest BCUT2D eigenvalue weighted by Gasteiger charge is 2.17. The van der Waals surface area contributed by atoms with E-state index in [-0.39, 0.29) is 23.3 Å². The molecule has 0 aliphatic rings. The summed E-state index contributed by atoms with van der Waals surface area (Å²) in [5, 5.41) is 14.2. The summed E-state index contributed by atoms with van der Waals surface area (Å²) in [5.74, 6) is -0.388. The van der Waals surface area contributed by atoms with E-state index in [4.69, 9.17) is 10.8 Å². The number of carbonyl (C=O) groups excluding carboxylic acids is 1. The highest BCUT2D eigenvalue weighted by Crippen LogP contribution is 2.20. The minimum atomic E-state index is -0.634. The summed E-state index contributed by atoms with van der Waals surface area (Å²) < 4.78 is 15.5. The van der Waals surface area contributed by atoms with Gasteiger partial charge in [-0.25, -0.2) is 14.2 Å². The average Bonchev–Trinajstić information content (AvgIpc) is 2.69. The van der Waals surface area contributed by atoms with Gasteiger partial charge in [0.05, 0.1) is 17.1 Å². The molecule has 5 N–H and O–H groups in total. The molecule has 2 amide bonds. The number of fused-ring (bicyclic) bond motifs is 1. The van der Waals surface area contributed by atoms with Crippen LogP contribution in [0.3, 0.4) is 0 Å². The van der Waals surface area contributed by atoms with Crippen LogP contribution in [0.15, 0.2) is 47.3 Å². The minimum absolute atomic E-state index is 0.0196. The first-order chi connectivity index (χ1) is 13.9. The lowest BCUT2D eigenvalue weighted by Gasteiger charge is -2.17. The van der Waals surface area contributed by atoms with Gasteiger partial charge in [-0.2, -0.15) is 0 Å². The molecule has 29 heavy (non-hydrogen) atoms. The van der Waals surface area contributed by atoms with E-state index in [0.29, 0.717) is 24.3 Å². The van der Waals surface area contributed by atoms with Crippen molar-refractivity contribution in [3.63, 3.8) is 0 Å². The maximum Gasteiger partial charge on any atom is 0.319 e. The third-order valence-electron chi connectivity index (χ3n) is 4.27. The van der Waals surface area contributed by atoms with E-state index in [9.17, 15) is 14.0 Å². The van der Waals surface area contributed by atoms with Gasteiger partial charge in [-0.3, -0.25) is 9.36 Å². The maximum absolute atomic E-state index is 14.2. The number of nitrogens with two attached hydrogens (primary N) is 1. The van der Waals surface area contributed by atoms with Crippen LogP contribution < -0.4 is 21.9 Å². The van der Waals surface area contributed by atoms with Crippen LogP contribution in [-0.4, -0.2) is 33.8 Å². The number of rotatable bonds is 6. The Labute approximate surface area is 166 Å². The summed E-state index contributed by atoms with van der Waals surface area (Å²) in [6.07, 6.45) is 0.444. The number of aliphatic hydroxyl groups is 1. The van der Waals surface area contributed by atoms with Gasteiger partial charge in [0, 0.05) is 18.8 Å². The molecule has 3 aromatic rings. The van der Waals surface area contributed by atoms with Crippen LogP contribution >= 0.6 is 0 Å². The van der Waals surface area contributed by atoms with Gasteiger partial charge in [-0.05, 0) is 43.7 Å². The number of para-hydroxylation sites is 1. The van der Waals surface area contributed by atoms with E-state index in [2.05, 4.69) is 15.6 Å². The van der Waals surface area contributed by atoms with Crippen molar-refractivity contribution in [3.05, 3.63) is 64.5 Å². The first-order valence-electron chi connectivity index (χ1n) is 9.15. The molecule has 0 bridgehead atoms. The third kappa shape index (κ3) is 4.41. The Hall–Kier alpha value is -3.30. The fourth-order valence-electron chi connectivity index (χ4n) is 2.92. The Bertz CT molecular complexity index is 1100. The second kappa shape index (κ2) is 8.80. The number of urea groups is 1. The lowest BCUT2D eigenvalue weighted by atomic mass is 10.2. The van der Waals surface area contributed by atoms with Crippen molar-refractivity contribution in [2.24, 2.45) is 5.73 Å². The lowest BCUT2D eigenvalue weighted by Crippen LogP contribution is -2.30. The normalized spacial score (nSPS) is 12.0. The molecule has 152 valence electrons. The average molecular weight is 399 g/mol. The summed E-state index contributed by atoms with van der Waals surface area (Å²) in [5.41, 5.74) is 6.41. The number of amides is 2. The molecule has 0 saturated heterocycles. The number of nitrogens with zero attached hydrogens (tertiary/aromatic N) is 2. The quantitative estimate of drug-likeness (QED) is 0.473. The molecular formula is C20H22FN5O3. The van der Waals surface area contributed by atoms with Gasteiger partial charge < -0.3 is 21.5 Å². The monoisotopic (exact) mass is 399 g/mol. The molecule has 0 aliphatic carbocycles. The number of carbonyl (C=O) groups is 1. The summed E-state index contributed by atoms with van der Waals surface area (Å²) in [6.45, 7) is 1.96. The van der Waals surface area contributed by atoms with Crippen LogP contribution in [-0.2, 0) is 0 Å². The van der Waals surface area contributed by atoms with Crippen LogP contribution in [0, 0.1) is 5.82 Å². The first kappa shape index (κ1) is 20.4. The molecule has 0 spiro atoms. The molecule has 1 aromatic heterocycles. The number of nitrogens with one attached hydrogen (secondary N) is 2. The minimum Gasteiger partial charge on any atom is -0.396 e. The van der Waals surface area contributed by atoms with Crippen molar-refractivity contribution in [1.82, 2.24) is 14.9 Å². The predicted molar refractivity (Wildman–Crippen MR) is 109 cm³/mol. The fraction of sp³-hybridized carbons (Fsp3) is 0.250. The number of anilines is 1. The molecule has 0 unspecified atom stereocenters. The number of aliphatic hydroxyl groups excluding tert-OH is 1. The van der Waals surface area contributed by atoms with E-state index in [1.807, 2.05) is 0 Å². The number of aromatic nitrogens is 2. The van der Waals surface area contributed by atoms with Gasteiger partial charge >= 0.3 is 6.03 Å². The molecule has 0 saturated carbocycles. The zero-order valence-corrected chi connectivity index (χ0v) is 15.9. The molecule has 1 atom stereocenters. The van der Waals surface area contributed by atoms with Crippen molar-refractivity contribution in [1.29, 1.82) is 0 Å². The van der Waals surface area contributed by atoms with Crippen LogP contribution in [0.5, 0.6) is 0 Å². The molecular weight excluding hydrogens is 377 g/mol. The maximum atomic E-state index is 14.2. The smallest absolute Gasteiger partial charge is 0.319 e. The number of hydrogen-bond acceptors (Lipinski definition) is 5. The van der Waals surface area contributed by atoms with E-state index in [1.165, 1.54) is 22.8 Å². The number of hydrogen-bond donors (Lipinski definition) is 4. The molecule has 2 aromatic carbocycles. The molecule has 0 fully saturated rings. The van der Waals surface area contributed by atoms with Crippen molar-refractivity contribution in [3.8, 4) is 5.69 Å². The van der Waals surface area contributed by atoms with Crippen LogP contribution in [0.1, 0.15) is 25.2 Å². The zero-order valence-electron chi connectivity index (χ0n) is 15.9. The molecule has 0 radical (unpaired) electrons. The first-order valence-corrected chi connectivity index (χ1v) is 9.15. The third-order valence-corrected chi connectivity index (χ3v) is 4.27. The fourth-order valence-corrected chi connectivity index (χ4v) is 2.92. The molecule has 9 heteroatoms. The van der Waals surface area contributed by atoms with Gasteiger partial charge in [-0.15, -0.1) is 0 Å². The van der Waals surface area contributed by atoms with Crippen LogP contribution in [0.2, 0.25) is 0 Å². The lowest BCUT2D eigenvalue weighted by molar-refractivity contribution is 0.249. The van der Waals surface area contributed by atoms with Gasteiger partial charge in [0.2, 0.25) is 0 Å². The second-order valence-corrected chi connectivity index (χ2v) is 6.54. The van der Waals surface area contributed by atoms with Crippen molar-refractivity contribution in [2.75, 3.05) is 18.5 Å². The van der Waals surface area contributed by atoms with Crippen molar-refractivity contribution < 1.29 is 14.3 Å². The summed E-state index contributed by atoms with van der Waals surface area (Å²) in [4.78, 5) is 29.3. The standard InChI is InChI=1S/C20H22FN5O3/c1-12(22)18-25-17-15(7-3-8-16(17)21)19(28)26(18)14-6-2-5-13(11-14)24-20(29)23-9-4-10-27/h2-3,5-8,11-12,27H,4,9-10,22H2,1H3,(H2,23,24,29)/t12-/m0/s1. The largest absolute Gasteiger partial charge is 0.396 e. The molecule has 0 aliphatic heterocycles. The highest BCUT2D eigenvalue weighted by molar-refractivity contribution is 5.89. The van der Waals surface area contributed by atoms with Crippen molar-refractivity contribution >= 4 is 22.6 Å². The highest BCUT2D eigenvalue weighted by atomic mass is 19.1. The Kier molecular flexibility index (Phi) is 6.20. The Balaban J connectivity index is 2.04. The van der Waals surface area contributed by atoms with E-state index < -0.39 is 23.4 Å². The van der Waals surface area contributed by atoms with E-state index >= 15 is 0 Å². The Morgan fingerprint density at radius 2 is 2.07 bits per heavy atom. The van der Waals surface area contributed by atoms with Gasteiger partial charge in [0.15, 0.2) is 0 Å². The van der Waals surface area contributed by atoms with Crippen LogP contribution in [0.4, 0.5) is 14.9 Å². The van der Waals surface area contributed by atoms with Crippen molar-refractivity contribution in [2.45, 2.75) is 19.4 Å². The second-order valence-electron chi connectivity index (χ2n) is 6.54. The van der Waals surface area contributed by atoms with Gasteiger partial charge in [-0.1, -0.05) is 12.1 Å². The molecule has 8 nitrogen and oxygen atoms in total. The summed E-state index contributed by atoms with van der Waals surface area (Å²) in [7, 11) is 0. The molecule has 3 rings (SSSR count). The van der Waals surface area contributed by atoms with E-state index in [0.717, 1.165) is 0 Å². The zero-order chi connectivity index (χ0) is 21.0. The number of benzene rings is 2. The number of halogens is 1. The van der Waals surface area contributed by atoms with Gasteiger partial charge in [0.25, 0.3) is 5.56 Å². The predicted octanol–water partition coefficient (Wildman–Crippen LogP) is 2.05. The van der Waals surface area contributed by atoms with Gasteiger partial charge in [0.1, 0.15) is 17.2 Å². The SMILES string of the molecule is C[C@H](N)c1nc2c(F)cccc2c(=O)n1-c1cccc(NC(=O)NCCCO)c1. The topological polar surface area (TPSA) is 122 Å². The summed E-state index contributed by atoms with van der Waals surface area (Å²) in [6, 6.07) is 9.74. The van der Waals surface area contributed by atoms with Crippen LogP contribution in [0.25, 0.3) is 16.6 Å².